The predicted octanol–water partition coefficient (Wildman–Crippen LogP) is 3.61. The van der Waals surface area contributed by atoms with Gasteiger partial charge in [-0.15, -0.1) is 0 Å². The summed E-state index contributed by atoms with van der Waals surface area (Å²) in [6.07, 6.45) is 6.32. The minimum Gasteiger partial charge on any atom is -0.310 e. The van der Waals surface area contributed by atoms with Crippen molar-refractivity contribution in [1.29, 1.82) is 0 Å². The lowest BCUT2D eigenvalue weighted by Crippen LogP contribution is -2.43. The minimum absolute atomic E-state index is 0.497. The molecule has 1 aromatic heterocycles. The Kier molecular flexibility index (Phi) is 3.76. The van der Waals surface area contributed by atoms with Crippen LogP contribution in [0.25, 0.3) is 10.9 Å². The van der Waals surface area contributed by atoms with E-state index < -0.39 is 0 Å². The number of rotatable bonds is 5. The average molecular weight is 272 g/mol. The quantitative estimate of drug-likeness (QED) is 0.900. The zero-order chi connectivity index (χ0) is 13.1. The first-order chi connectivity index (χ1) is 9.31. The van der Waals surface area contributed by atoms with Crippen LogP contribution in [-0.4, -0.2) is 22.5 Å². The fraction of sp³-hybridized carbons (Fsp3) is 0.438. The van der Waals surface area contributed by atoms with Gasteiger partial charge in [0, 0.05) is 23.2 Å². The molecule has 0 spiro atoms. The molecule has 1 fully saturated rings. The van der Waals surface area contributed by atoms with Crippen molar-refractivity contribution >= 4 is 22.7 Å². The van der Waals surface area contributed by atoms with Gasteiger partial charge in [0.15, 0.2) is 0 Å². The first-order valence-electron chi connectivity index (χ1n) is 6.92. The molecule has 0 aliphatic heterocycles. The molecule has 1 heterocycles. The van der Waals surface area contributed by atoms with E-state index in [0.717, 1.165) is 24.3 Å². The lowest BCUT2D eigenvalue weighted by atomic mass is 9.84. The van der Waals surface area contributed by atoms with Crippen LogP contribution in [-0.2, 0) is 6.54 Å². The third-order valence-electron chi connectivity index (χ3n) is 4.11. The van der Waals surface area contributed by atoms with Crippen LogP contribution in [0.4, 0.5) is 0 Å². The number of para-hydroxylation sites is 1. The van der Waals surface area contributed by atoms with Gasteiger partial charge in [-0.3, -0.25) is 4.98 Å². The summed E-state index contributed by atoms with van der Waals surface area (Å²) in [5, 5.41) is 4.79. The molecule has 1 aliphatic rings. The van der Waals surface area contributed by atoms with Gasteiger partial charge in [-0.2, -0.15) is 11.8 Å². The molecular formula is C16H20N2S. The monoisotopic (exact) mass is 272 g/mol. The lowest BCUT2D eigenvalue weighted by Gasteiger charge is -2.40. The van der Waals surface area contributed by atoms with Gasteiger partial charge in [-0.25, -0.2) is 0 Å². The largest absolute Gasteiger partial charge is 0.310 e. The molecule has 0 atom stereocenters. The number of aromatic nitrogens is 1. The molecule has 1 N–H and O–H groups in total. The molecule has 19 heavy (non-hydrogen) atoms. The Bertz CT molecular complexity index is 558. The maximum absolute atomic E-state index is 4.70. The number of benzene rings is 1. The molecule has 0 amide bonds. The Morgan fingerprint density at radius 2 is 2.05 bits per heavy atom. The molecule has 2 nitrogen and oxygen atoms in total. The molecule has 1 aromatic carbocycles. The molecule has 0 bridgehead atoms. The van der Waals surface area contributed by atoms with Crippen molar-refractivity contribution in [3.8, 4) is 0 Å². The Balaban J connectivity index is 1.62. The fourth-order valence-electron chi connectivity index (χ4n) is 2.65. The third-order valence-corrected chi connectivity index (χ3v) is 5.53. The number of thioether (sulfide) groups is 1. The Morgan fingerprint density at radius 3 is 2.79 bits per heavy atom. The maximum atomic E-state index is 4.70. The number of nitrogens with zero attached hydrogens (tertiary/aromatic N) is 1. The summed E-state index contributed by atoms with van der Waals surface area (Å²) in [4.78, 5) is 4.70. The van der Waals surface area contributed by atoms with Crippen molar-refractivity contribution in [3.63, 3.8) is 0 Å². The second-order valence-electron chi connectivity index (χ2n) is 5.34. The number of pyridine rings is 1. The summed E-state index contributed by atoms with van der Waals surface area (Å²) in [6.45, 7) is 1.97. The van der Waals surface area contributed by atoms with Gasteiger partial charge in [-0.1, -0.05) is 30.7 Å². The van der Waals surface area contributed by atoms with Crippen LogP contribution in [0.2, 0.25) is 0 Å². The van der Waals surface area contributed by atoms with E-state index in [9.17, 15) is 0 Å². The molecule has 3 rings (SSSR count). The van der Waals surface area contributed by atoms with E-state index in [-0.39, 0.29) is 0 Å². The molecule has 1 saturated carbocycles. The SMILES string of the molecule is CSC1(CNCc2ccc3ccccc3n2)CCC1. The summed E-state index contributed by atoms with van der Waals surface area (Å²) in [5.74, 6) is 0. The number of hydrogen-bond donors (Lipinski definition) is 1. The lowest BCUT2D eigenvalue weighted by molar-refractivity contribution is 0.345. The van der Waals surface area contributed by atoms with E-state index >= 15 is 0 Å². The Labute approximate surface area is 119 Å². The Morgan fingerprint density at radius 1 is 1.21 bits per heavy atom. The second kappa shape index (κ2) is 5.51. The molecule has 0 radical (unpaired) electrons. The molecule has 2 aromatic rings. The molecular weight excluding hydrogens is 252 g/mol. The molecule has 0 unspecified atom stereocenters. The van der Waals surface area contributed by atoms with Gasteiger partial charge in [0.25, 0.3) is 0 Å². The molecule has 100 valence electrons. The van der Waals surface area contributed by atoms with Gasteiger partial charge in [-0.05, 0) is 31.2 Å². The van der Waals surface area contributed by atoms with Gasteiger partial charge in [0.2, 0.25) is 0 Å². The summed E-state index contributed by atoms with van der Waals surface area (Å²) in [6, 6.07) is 12.6. The van der Waals surface area contributed by atoms with Gasteiger partial charge in [0.1, 0.15) is 0 Å². The standard InChI is InChI=1S/C16H20N2S/c1-19-16(9-4-10-16)12-17-11-14-8-7-13-5-2-3-6-15(13)18-14/h2-3,5-8,17H,4,9-12H2,1H3. The second-order valence-corrected chi connectivity index (χ2v) is 6.61. The Hall–Kier alpha value is -1.06. The van der Waals surface area contributed by atoms with E-state index in [1.54, 1.807) is 0 Å². The van der Waals surface area contributed by atoms with E-state index in [1.165, 1.54) is 24.6 Å². The fourth-order valence-corrected chi connectivity index (χ4v) is 3.59. The maximum Gasteiger partial charge on any atom is 0.0705 e. The molecule has 0 saturated heterocycles. The van der Waals surface area contributed by atoms with Crippen molar-refractivity contribution < 1.29 is 0 Å². The summed E-state index contributed by atoms with van der Waals surface area (Å²) >= 11 is 2.01. The number of fused-ring (bicyclic) bond motifs is 1. The van der Waals surface area contributed by atoms with E-state index in [2.05, 4.69) is 41.9 Å². The van der Waals surface area contributed by atoms with Gasteiger partial charge < -0.3 is 5.32 Å². The van der Waals surface area contributed by atoms with Crippen LogP contribution >= 0.6 is 11.8 Å². The van der Waals surface area contributed by atoms with Crippen LogP contribution < -0.4 is 5.32 Å². The van der Waals surface area contributed by atoms with Crippen molar-refractivity contribution in [2.24, 2.45) is 0 Å². The van der Waals surface area contributed by atoms with Crippen molar-refractivity contribution in [1.82, 2.24) is 10.3 Å². The van der Waals surface area contributed by atoms with E-state index in [0.29, 0.717) is 4.75 Å². The summed E-state index contributed by atoms with van der Waals surface area (Å²) in [7, 11) is 0. The highest BCUT2D eigenvalue weighted by Crippen LogP contribution is 2.42. The first kappa shape index (κ1) is 12.9. The third kappa shape index (κ3) is 2.77. The van der Waals surface area contributed by atoms with Crippen molar-refractivity contribution in [2.45, 2.75) is 30.6 Å². The predicted molar refractivity (Wildman–Crippen MR) is 83.5 cm³/mol. The highest BCUT2D eigenvalue weighted by Gasteiger charge is 2.35. The van der Waals surface area contributed by atoms with Gasteiger partial charge >= 0.3 is 0 Å². The van der Waals surface area contributed by atoms with E-state index in [4.69, 9.17) is 4.98 Å². The topological polar surface area (TPSA) is 24.9 Å². The van der Waals surface area contributed by atoms with E-state index in [1.807, 2.05) is 17.8 Å². The van der Waals surface area contributed by atoms with Crippen LogP contribution in [0.5, 0.6) is 0 Å². The zero-order valence-corrected chi connectivity index (χ0v) is 12.2. The van der Waals surface area contributed by atoms with Crippen molar-refractivity contribution in [3.05, 3.63) is 42.1 Å². The molecule has 1 aliphatic carbocycles. The van der Waals surface area contributed by atoms with Gasteiger partial charge in [0.05, 0.1) is 11.2 Å². The normalized spacial score (nSPS) is 17.3. The zero-order valence-electron chi connectivity index (χ0n) is 11.4. The van der Waals surface area contributed by atoms with Crippen LogP contribution in [0.3, 0.4) is 0 Å². The molecule has 3 heteroatoms. The summed E-state index contributed by atoms with van der Waals surface area (Å²) < 4.78 is 0.497. The van der Waals surface area contributed by atoms with Crippen molar-refractivity contribution in [2.75, 3.05) is 12.8 Å². The number of hydrogen-bond acceptors (Lipinski definition) is 3. The summed E-state index contributed by atoms with van der Waals surface area (Å²) in [5.41, 5.74) is 2.22. The highest BCUT2D eigenvalue weighted by atomic mass is 32.2. The van der Waals surface area contributed by atoms with Crippen LogP contribution in [0.1, 0.15) is 25.0 Å². The van der Waals surface area contributed by atoms with Crippen LogP contribution in [0, 0.1) is 0 Å². The smallest absolute Gasteiger partial charge is 0.0705 e. The number of nitrogens with one attached hydrogen (secondary N) is 1. The average Bonchev–Trinajstić information content (AvgIpc) is 2.42. The first-order valence-corrected chi connectivity index (χ1v) is 8.14. The highest BCUT2D eigenvalue weighted by molar-refractivity contribution is 8.00. The van der Waals surface area contributed by atoms with Crippen LogP contribution in [0.15, 0.2) is 36.4 Å². The minimum atomic E-state index is 0.497.